The van der Waals surface area contributed by atoms with Crippen molar-refractivity contribution in [3.05, 3.63) is 41.5 Å². The molecule has 0 aromatic carbocycles. The molecule has 0 radical (unpaired) electrons. The SMILES string of the molecule is Cc1cc(C(F)(F)F)n2nc(C(=O)Nc3ccn(C)n3)cc2n1. The number of aryl methyl sites for hydroxylation is 2. The first-order valence-electron chi connectivity index (χ1n) is 6.49. The maximum absolute atomic E-state index is 13.1. The second-order valence-electron chi connectivity index (χ2n) is 4.91. The van der Waals surface area contributed by atoms with Crippen LogP contribution < -0.4 is 5.32 Å². The molecule has 23 heavy (non-hydrogen) atoms. The van der Waals surface area contributed by atoms with Crippen molar-refractivity contribution in [3.63, 3.8) is 0 Å². The number of carbonyl (C=O) groups excluding carboxylic acids is 1. The Morgan fingerprint density at radius 3 is 2.61 bits per heavy atom. The highest BCUT2D eigenvalue weighted by Gasteiger charge is 2.35. The molecule has 10 heteroatoms. The van der Waals surface area contributed by atoms with Crippen LogP contribution in [0.4, 0.5) is 19.0 Å². The van der Waals surface area contributed by atoms with E-state index in [4.69, 9.17) is 0 Å². The lowest BCUT2D eigenvalue weighted by atomic mass is 10.3. The Bertz CT molecular complexity index is 895. The van der Waals surface area contributed by atoms with Crippen LogP contribution in [0.5, 0.6) is 0 Å². The Kier molecular flexibility index (Phi) is 3.31. The second kappa shape index (κ2) is 5.07. The number of nitrogens with zero attached hydrogens (tertiary/aromatic N) is 5. The first-order valence-corrected chi connectivity index (χ1v) is 6.49. The fraction of sp³-hybridized carbons (Fsp3) is 0.231. The minimum absolute atomic E-state index is 0.0523. The number of halogens is 3. The van der Waals surface area contributed by atoms with E-state index in [9.17, 15) is 18.0 Å². The lowest BCUT2D eigenvalue weighted by molar-refractivity contribution is -0.142. The van der Waals surface area contributed by atoms with Gasteiger partial charge in [-0.05, 0) is 13.0 Å². The third-order valence-electron chi connectivity index (χ3n) is 3.03. The molecule has 0 aliphatic heterocycles. The van der Waals surface area contributed by atoms with E-state index in [-0.39, 0.29) is 22.9 Å². The van der Waals surface area contributed by atoms with Gasteiger partial charge in [0.1, 0.15) is 5.69 Å². The molecule has 1 N–H and O–H groups in total. The van der Waals surface area contributed by atoms with Gasteiger partial charge in [0, 0.05) is 31.1 Å². The summed E-state index contributed by atoms with van der Waals surface area (Å²) >= 11 is 0. The minimum Gasteiger partial charge on any atom is -0.304 e. The molecule has 0 fully saturated rings. The van der Waals surface area contributed by atoms with Gasteiger partial charge < -0.3 is 5.32 Å². The number of hydrogen-bond acceptors (Lipinski definition) is 4. The van der Waals surface area contributed by atoms with Crippen molar-refractivity contribution in [2.75, 3.05) is 5.32 Å². The highest BCUT2D eigenvalue weighted by Crippen LogP contribution is 2.29. The summed E-state index contributed by atoms with van der Waals surface area (Å²) in [5.41, 5.74) is -1.04. The van der Waals surface area contributed by atoms with E-state index >= 15 is 0 Å². The summed E-state index contributed by atoms with van der Waals surface area (Å²) in [5.74, 6) is -0.394. The average Bonchev–Trinajstić information content (AvgIpc) is 3.02. The predicted octanol–water partition coefficient (Wildman–Crippen LogP) is 2.04. The molecule has 3 aromatic rings. The van der Waals surface area contributed by atoms with Crippen LogP contribution in [0.15, 0.2) is 24.4 Å². The van der Waals surface area contributed by atoms with Gasteiger partial charge in [-0.25, -0.2) is 9.50 Å². The topological polar surface area (TPSA) is 77.1 Å². The molecule has 120 valence electrons. The number of hydrogen-bond donors (Lipinski definition) is 1. The molecule has 0 atom stereocenters. The number of anilines is 1. The Labute approximate surface area is 127 Å². The van der Waals surface area contributed by atoms with Gasteiger partial charge in [0.2, 0.25) is 0 Å². The summed E-state index contributed by atoms with van der Waals surface area (Å²) in [6, 6.07) is 3.62. The minimum atomic E-state index is -4.60. The molecule has 0 saturated heterocycles. The van der Waals surface area contributed by atoms with E-state index < -0.39 is 17.8 Å². The van der Waals surface area contributed by atoms with Gasteiger partial charge in [-0.1, -0.05) is 0 Å². The third kappa shape index (κ3) is 2.87. The Hall–Kier alpha value is -2.91. The summed E-state index contributed by atoms with van der Waals surface area (Å²) in [6.45, 7) is 1.44. The van der Waals surface area contributed by atoms with Gasteiger partial charge in [-0.3, -0.25) is 9.48 Å². The second-order valence-corrected chi connectivity index (χ2v) is 4.91. The van der Waals surface area contributed by atoms with E-state index in [0.29, 0.717) is 4.52 Å². The molecule has 0 saturated carbocycles. The zero-order valence-corrected chi connectivity index (χ0v) is 12.1. The van der Waals surface area contributed by atoms with E-state index in [1.54, 1.807) is 19.3 Å². The highest BCUT2D eigenvalue weighted by atomic mass is 19.4. The van der Waals surface area contributed by atoms with Gasteiger partial charge in [0.25, 0.3) is 5.91 Å². The molecule has 0 aliphatic carbocycles. The van der Waals surface area contributed by atoms with Crippen molar-refractivity contribution >= 4 is 17.4 Å². The van der Waals surface area contributed by atoms with Crippen LogP contribution in [-0.2, 0) is 13.2 Å². The summed E-state index contributed by atoms with van der Waals surface area (Å²) < 4.78 is 41.3. The van der Waals surface area contributed by atoms with Crippen molar-refractivity contribution in [1.29, 1.82) is 0 Å². The summed E-state index contributed by atoms with van der Waals surface area (Å²) in [7, 11) is 1.67. The van der Waals surface area contributed by atoms with Gasteiger partial charge >= 0.3 is 6.18 Å². The normalized spacial score (nSPS) is 11.9. The predicted molar refractivity (Wildman–Crippen MR) is 73.9 cm³/mol. The number of amides is 1. The van der Waals surface area contributed by atoms with Crippen molar-refractivity contribution in [2.45, 2.75) is 13.1 Å². The molecule has 0 spiro atoms. The zero-order valence-electron chi connectivity index (χ0n) is 12.1. The Morgan fingerprint density at radius 2 is 2.00 bits per heavy atom. The summed E-state index contributed by atoms with van der Waals surface area (Å²) in [5, 5.41) is 10.1. The van der Waals surface area contributed by atoms with Crippen LogP contribution >= 0.6 is 0 Å². The lowest BCUT2D eigenvalue weighted by Crippen LogP contribution is -2.16. The molecule has 3 heterocycles. The van der Waals surface area contributed by atoms with Crippen molar-refractivity contribution in [1.82, 2.24) is 24.4 Å². The monoisotopic (exact) mass is 324 g/mol. The van der Waals surface area contributed by atoms with Crippen LogP contribution in [0.2, 0.25) is 0 Å². The number of alkyl halides is 3. The van der Waals surface area contributed by atoms with Gasteiger partial charge in [-0.15, -0.1) is 0 Å². The van der Waals surface area contributed by atoms with Gasteiger partial charge in [-0.2, -0.15) is 23.4 Å². The van der Waals surface area contributed by atoms with Crippen LogP contribution in [0.3, 0.4) is 0 Å². The van der Waals surface area contributed by atoms with Crippen molar-refractivity contribution < 1.29 is 18.0 Å². The summed E-state index contributed by atoms with van der Waals surface area (Å²) in [6.07, 6.45) is -2.99. The van der Waals surface area contributed by atoms with E-state index in [1.807, 2.05) is 0 Å². The third-order valence-corrected chi connectivity index (χ3v) is 3.03. The summed E-state index contributed by atoms with van der Waals surface area (Å²) in [4.78, 5) is 16.1. The first kappa shape index (κ1) is 15.0. The zero-order chi connectivity index (χ0) is 16.8. The number of carbonyl (C=O) groups is 1. The number of rotatable bonds is 2. The van der Waals surface area contributed by atoms with Gasteiger partial charge in [0.05, 0.1) is 0 Å². The average molecular weight is 324 g/mol. The number of aromatic nitrogens is 5. The largest absolute Gasteiger partial charge is 0.433 e. The van der Waals surface area contributed by atoms with Crippen molar-refractivity contribution in [2.24, 2.45) is 7.05 Å². The molecule has 0 bridgehead atoms. The molecule has 3 rings (SSSR count). The first-order chi connectivity index (χ1) is 10.7. The number of nitrogens with one attached hydrogen (secondary N) is 1. The molecule has 1 amide bonds. The van der Waals surface area contributed by atoms with E-state index in [0.717, 1.165) is 6.07 Å². The molecular weight excluding hydrogens is 313 g/mol. The van der Waals surface area contributed by atoms with Crippen molar-refractivity contribution in [3.8, 4) is 0 Å². The lowest BCUT2D eigenvalue weighted by Gasteiger charge is -2.08. The van der Waals surface area contributed by atoms with E-state index in [1.165, 1.54) is 17.7 Å². The van der Waals surface area contributed by atoms with E-state index in [2.05, 4.69) is 20.5 Å². The fourth-order valence-electron chi connectivity index (χ4n) is 2.08. The van der Waals surface area contributed by atoms with Crippen LogP contribution in [0, 0.1) is 6.92 Å². The van der Waals surface area contributed by atoms with Crippen LogP contribution in [-0.4, -0.2) is 30.3 Å². The molecule has 7 nitrogen and oxygen atoms in total. The Balaban J connectivity index is 2.01. The molecule has 3 aromatic heterocycles. The standard InChI is InChI=1S/C13H11F3N6O/c1-7-5-9(13(14,15)16)22-11(17-7)6-8(19-22)12(23)18-10-3-4-21(2)20-10/h3-6H,1-2H3,(H,18,20,23). The van der Waals surface area contributed by atoms with Crippen LogP contribution in [0.25, 0.3) is 5.65 Å². The highest BCUT2D eigenvalue weighted by molar-refractivity contribution is 6.02. The maximum atomic E-state index is 13.1. The molecule has 0 aliphatic rings. The fourth-order valence-corrected chi connectivity index (χ4v) is 2.08. The molecule has 0 unspecified atom stereocenters. The maximum Gasteiger partial charge on any atom is 0.433 e. The quantitative estimate of drug-likeness (QED) is 0.782. The van der Waals surface area contributed by atoms with Crippen LogP contribution in [0.1, 0.15) is 21.9 Å². The smallest absolute Gasteiger partial charge is 0.304 e. The Morgan fingerprint density at radius 1 is 1.26 bits per heavy atom. The van der Waals surface area contributed by atoms with Gasteiger partial charge in [0.15, 0.2) is 17.2 Å². The number of fused-ring (bicyclic) bond motifs is 1. The molecular formula is C13H11F3N6O.